The summed E-state index contributed by atoms with van der Waals surface area (Å²) in [5, 5.41) is 0. The zero-order valence-corrected chi connectivity index (χ0v) is 16.6. The molecule has 2 atom stereocenters. The first kappa shape index (κ1) is 18.6. The SMILES string of the molecule is CCOc1ccc(N2C(=O)N(c3ccccc3OC)C3CS(=O)(=O)CC32)cc1. The Hall–Kier alpha value is -2.74. The van der Waals surface area contributed by atoms with Crippen molar-refractivity contribution in [1.29, 1.82) is 0 Å². The van der Waals surface area contributed by atoms with Crippen molar-refractivity contribution in [2.24, 2.45) is 0 Å². The molecular weight excluding hydrogens is 380 g/mol. The van der Waals surface area contributed by atoms with Gasteiger partial charge < -0.3 is 9.47 Å². The van der Waals surface area contributed by atoms with Crippen molar-refractivity contribution in [2.45, 2.75) is 19.0 Å². The molecule has 2 aliphatic rings. The van der Waals surface area contributed by atoms with Crippen LogP contribution in [0.3, 0.4) is 0 Å². The number of methoxy groups -OCH3 is 1. The van der Waals surface area contributed by atoms with Crippen LogP contribution < -0.4 is 19.3 Å². The number of benzene rings is 2. The summed E-state index contributed by atoms with van der Waals surface area (Å²) >= 11 is 0. The van der Waals surface area contributed by atoms with Gasteiger partial charge in [-0.05, 0) is 43.3 Å². The first-order chi connectivity index (χ1) is 13.4. The van der Waals surface area contributed by atoms with Gasteiger partial charge in [-0.15, -0.1) is 0 Å². The highest BCUT2D eigenvalue weighted by Crippen LogP contribution is 2.41. The largest absolute Gasteiger partial charge is 0.495 e. The lowest BCUT2D eigenvalue weighted by atomic mass is 10.1. The van der Waals surface area contributed by atoms with Crippen LogP contribution in [0, 0.1) is 0 Å². The van der Waals surface area contributed by atoms with Gasteiger partial charge in [0.25, 0.3) is 0 Å². The van der Waals surface area contributed by atoms with Crippen LogP contribution in [0.1, 0.15) is 6.92 Å². The predicted molar refractivity (Wildman–Crippen MR) is 107 cm³/mol. The van der Waals surface area contributed by atoms with Crippen LogP contribution in [0.2, 0.25) is 0 Å². The molecule has 7 nitrogen and oxygen atoms in total. The highest BCUT2D eigenvalue weighted by molar-refractivity contribution is 7.91. The van der Waals surface area contributed by atoms with E-state index in [4.69, 9.17) is 9.47 Å². The number of fused-ring (bicyclic) bond motifs is 1. The predicted octanol–water partition coefficient (Wildman–Crippen LogP) is 2.71. The maximum Gasteiger partial charge on any atom is 0.329 e. The Kier molecular flexibility index (Phi) is 4.66. The maximum absolute atomic E-state index is 13.4. The molecule has 2 amide bonds. The molecule has 8 heteroatoms. The number of urea groups is 1. The van der Waals surface area contributed by atoms with Gasteiger partial charge in [0.05, 0.1) is 43.0 Å². The van der Waals surface area contributed by atoms with Crippen LogP contribution in [0.4, 0.5) is 16.2 Å². The first-order valence-corrected chi connectivity index (χ1v) is 11.0. The fourth-order valence-electron chi connectivity index (χ4n) is 3.99. The summed E-state index contributed by atoms with van der Waals surface area (Å²) in [6, 6.07) is 13.2. The summed E-state index contributed by atoms with van der Waals surface area (Å²) in [6.45, 7) is 2.45. The van der Waals surface area contributed by atoms with Crippen molar-refractivity contribution in [1.82, 2.24) is 0 Å². The second-order valence-electron chi connectivity index (χ2n) is 6.83. The quantitative estimate of drug-likeness (QED) is 0.719. The molecule has 2 heterocycles. The average Bonchev–Trinajstić information content (AvgIpc) is 3.11. The molecule has 0 bridgehead atoms. The van der Waals surface area contributed by atoms with E-state index in [1.807, 2.05) is 19.1 Å². The number of carbonyl (C=O) groups excluding carboxylic acids is 1. The van der Waals surface area contributed by atoms with Gasteiger partial charge in [-0.1, -0.05) is 12.1 Å². The smallest absolute Gasteiger partial charge is 0.329 e. The van der Waals surface area contributed by atoms with Crippen molar-refractivity contribution in [3.05, 3.63) is 48.5 Å². The highest BCUT2D eigenvalue weighted by Gasteiger charge is 2.54. The van der Waals surface area contributed by atoms with E-state index in [1.165, 1.54) is 7.11 Å². The number of hydrogen-bond donors (Lipinski definition) is 0. The summed E-state index contributed by atoms with van der Waals surface area (Å²) in [5.41, 5.74) is 1.23. The number of amides is 2. The lowest BCUT2D eigenvalue weighted by Crippen LogP contribution is -2.38. The van der Waals surface area contributed by atoms with E-state index in [0.717, 1.165) is 0 Å². The summed E-state index contributed by atoms with van der Waals surface area (Å²) < 4.78 is 35.6. The minimum absolute atomic E-state index is 0.0533. The van der Waals surface area contributed by atoms with Crippen LogP contribution in [0.5, 0.6) is 11.5 Å². The second-order valence-corrected chi connectivity index (χ2v) is 8.99. The van der Waals surface area contributed by atoms with Crippen molar-refractivity contribution in [2.75, 3.05) is 35.0 Å². The lowest BCUT2D eigenvalue weighted by Gasteiger charge is -2.24. The molecule has 2 saturated heterocycles. The van der Waals surface area contributed by atoms with Crippen LogP contribution >= 0.6 is 0 Å². The van der Waals surface area contributed by atoms with Crippen LogP contribution in [0.25, 0.3) is 0 Å². The van der Waals surface area contributed by atoms with Crippen LogP contribution in [-0.2, 0) is 9.84 Å². The monoisotopic (exact) mass is 402 g/mol. The van der Waals surface area contributed by atoms with Crippen LogP contribution in [0.15, 0.2) is 48.5 Å². The molecule has 0 saturated carbocycles. The molecule has 0 spiro atoms. The third kappa shape index (κ3) is 3.07. The summed E-state index contributed by atoms with van der Waals surface area (Å²) in [6.07, 6.45) is 0. The third-order valence-corrected chi connectivity index (χ3v) is 6.84. The fraction of sp³-hybridized carbons (Fsp3) is 0.350. The van der Waals surface area contributed by atoms with E-state index in [-0.39, 0.29) is 17.5 Å². The Labute approximate surface area is 164 Å². The number of nitrogens with zero attached hydrogens (tertiary/aromatic N) is 2. The minimum Gasteiger partial charge on any atom is -0.495 e. The molecule has 2 aromatic carbocycles. The molecule has 0 radical (unpaired) electrons. The van der Waals surface area contributed by atoms with Crippen molar-refractivity contribution >= 4 is 27.2 Å². The molecule has 4 rings (SSSR count). The standard InChI is InChI=1S/C20H22N2O5S/c1-3-27-15-10-8-14(9-11-15)21-17-12-28(24,25)13-18(17)22(20(21)23)16-6-4-5-7-19(16)26-2/h4-11,17-18H,3,12-13H2,1-2H3. The van der Waals surface area contributed by atoms with Gasteiger partial charge in [-0.3, -0.25) is 9.80 Å². The van der Waals surface area contributed by atoms with Crippen molar-refractivity contribution in [3.8, 4) is 11.5 Å². The number of hydrogen-bond acceptors (Lipinski definition) is 5. The molecular formula is C20H22N2O5S. The van der Waals surface area contributed by atoms with Crippen molar-refractivity contribution in [3.63, 3.8) is 0 Å². The van der Waals surface area contributed by atoms with E-state index in [1.54, 1.807) is 46.2 Å². The second kappa shape index (κ2) is 7.01. The molecule has 0 N–H and O–H groups in total. The van der Waals surface area contributed by atoms with E-state index in [9.17, 15) is 13.2 Å². The Morgan fingerprint density at radius 3 is 2.29 bits per heavy atom. The summed E-state index contributed by atoms with van der Waals surface area (Å²) in [7, 11) is -1.71. The molecule has 2 unspecified atom stereocenters. The van der Waals surface area contributed by atoms with E-state index < -0.39 is 21.9 Å². The van der Waals surface area contributed by atoms with Gasteiger partial charge in [-0.25, -0.2) is 13.2 Å². The number of ether oxygens (including phenoxy) is 2. The van der Waals surface area contributed by atoms with Gasteiger partial charge >= 0.3 is 6.03 Å². The highest BCUT2D eigenvalue weighted by atomic mass is 32.2. The van der Waals surface area contributed by atoms with E-state index in [0.29, 0.717) is 29.5 Å². The third-order valence-electron chi connectivity index (χ3n) is 5.14. The Morgan fingerprint density at radius 2 is 1.64 bits per heavy atom. The van der Waals surface area contributed by atoms with Gasteiger partial charge in [-0.2, -0.15) is 0 Å². The minimum atomic E-state index is -3.25. The maximum atomic E-state index is 13.4. The van der Waals surface area contributed by atoms with Crippen molar-refractivity contribution < 1.29 is 22.7 Å². The summed E-state index contributed by atoms with van der Waals surface area (Å²) in [5.74, 6) is 1.12. The number of anilines is 2. The lowest BCUT2D eigenvalue weighted by molar-refractivity contribution is 0.255. The number of rotatable bonds is 5. The normalized spacial score (nSPS) is 23.0. The van der Waals surface area contributed by atoms with Gasteiger partial charge in [0.2, 0.25) is 0 Å². The Bertz CT molecular complexity index is 990. The molecule has 28 heavy (non-hydrogen) atoms. The number of para-hydroxylation sites is 2. The summed E-state index contributed by atoms with van der Waals surface area (Å²) in [4.78, 5) is 16.5. The van der Waals surface area contributed by atoms with Gasteiger partial charge in [0.15, 0.2) is 9.84 Å². The fourth-order valence-corrected chi connectivity index (χ4v) is 5.90. The van der Waals surface area contributed by atoms with Gasteiger partial charge in [0, 0.05) is 5.69 Å². The molecule has 2 aliphatic heterocycles. The van der Waals surface area contributed by atoms with Gasteiger partial charge in [0.1, 0.15) is 11.5 Å². The number of sulfone groups is 1. The van der Waals surface area contributed by atoms with E-state index in [2.05, 4.69) is 0 Å². The molecule has 0 aliphatic carbocycles. The molecule has 148 valence electrons. The molecule has 2 aromatic rings. The van der Waals surface area contributed by atoms with Crippen LogP contribution in [-0.4, -0.2) is 51.8 Å². The Morgan fingerprint density at radius 1 is 1.00 bits per heavy atom. The van der Waals surface area contributed by atoms with E-state index >= 15 is 0 Å². The molecule has 2 fully saturated rings. The first-order valence-electron chi connectivity index (χ1n) is 9.14. The topological polar surface area (TPSA) is 76.2 Å². The molecule has 0 aromatic heterocycles. The average molecular weight is 402 g/mol. The Balaban J connectivity index is 1.76. The number of carbonyl (C=O) groups is 1. The zero-order valence-electron chi connectivity index (χ0n) is 15.7. The zero-order chi connectivity index (χ0) is 19.9.